The number of aliphatic imine (C=N–C) groups is 1. The van der Waals surface area contributed by atoms with Gasteiger partial charge in [0.05, 0.1) is 11.4 Å². The number of ether oxygens (including phenoxy) is 1. The number of carbonyl (C=O) groups excluding carboxylic acids is 1. The molecule has 0 radical (unpaired) electrons. The summed E-state index contributed by atoms with van der Waals surface area (Å²) in [4.78, 5) is 19.9. The van der Waals surface area contributed by atoms with Gasteiger partial charge in [0.2, 0.25) is 10.0 Å². The smallest absolute Gasteiger partial charge is 0.261 e. The first-order chi connectivity index (χ1) is 17.0. The largest absolute Gasteiger partial charge is 0.476 e. The number of fused-ring (bicyclic) bond motifs is 1. The third kappa shape index (κ3) is 5.38. The Morgan fingerprint density at radius 2 is 2.06 bits per heavy atom. The molecule has 2 fully saturated rings. The van der Waals surface area contributed by atoms with Gasteiger partial charge < -0.3 is 9.64 Å². The maximum absolute atomic E-state index is 13.0. The highest BCUT2D eigenvalue weighted by atomic mass is 32.2. The van der Waals surface area contributed by atoms with Crippen LogP contribution in [0.15, 0.2) is 48.3 Å². The third-order valence-corrected chi connectivity index (χ3v) is 9.60. The highest BCUT2D eigenvalue weighted by Gasteiger charge is 2.60. The van der Waals surface area contributed by atoms with Crippen LogP contribution in [0, 0.1) is 11.8 Å². The van der Waals surface area contributed by atoms with Crippen LogP contribution in [0.1, 0.15) is 70.1 Å². The average molecular weight is 514 g/mol. The summed E-state index contributed by atoms with van der Waals surface area (Å²) >= 11 is 0. The molecule has 0 aromatic heterocycles. The van der Waals surface area contributed by atoms with Gasteiger partial charge in [0.1, 0.15) is 5.54 Å². The predicted molar refractivity (Wildman–Crippen MR) is 143 cm³/mol. The molecule has 0 saturated heterocycles. The van der Waals surface area contributed by atoms with E-state index in [0.29, 0.717) is 31.6 Å². The van der Waals surface area contributed by atoms with Crippen molar-refractivity contribution in [1.29, 1.82) is 0 Å². The summed E-state index contributed by atoms with van der Waals surface area (Å²) in [5.41, 5.74) is 3.81. The second-order valence-electron chi connectivity index (χ2n) is 10.6. The first-order valence-electron chi connectivity index (χ1n) is 13.0. The number of nitrogens with zero attached hydrogens (tertiary/aromatic N) is 2. The number of benzene rings is 1. The Kier molecular flexibility index (Phi) is 7.37. The van der Waals surface area contributed by atoms with Crippen LogP contribution in [0.25, 0.3) is 0 Å². The maximum Gasteiger partial charge on any atom is 0.261 e. The van der Waals surface area contributed by atoms with Gasteiger partial charge in [-0.3, -0.25) is 14.5 Å². The van der Waals surface area contributed by atoms with Gasteiger partial charge in [-0.15, -0.1) is 6.58 Å². The normalized spacial score (nSPS) is 25.1. The lowest BCUT2D eigenvalue weighted by Gasteiger charge is -2.26. The minimum Gasteiger partial charge on any atom is -0.476 e. The molecule has 1 amide bonds. The molecule has 7 nitrogen and oxygen atoms in total. The molecule has 1 aromatic rings. The lowest BCUT2D eigenvalue weighted by atomic mass is 9.99. The lowest BCUT2D eigenvalue weighted by Crippen LogP contribution is -2.42. The van der Waals surface area contributed by atoms with Crippen molar-refractivity contribution in [3.63, 3.8) is 0 Å². The van der Waals surface area contributed by atoms with E-state index < -0.39 is 26.7 Å². The zero-order valence-corrected chi connectivity index (χ0v) is 22.7. The highest BCUT2D eigenvalue weighted by molar-refractivity contribution is 7.91. The molecular weight excluding hydrogens is 474 g/mol. The summed E-state index contributed by atoms with van der Waals surface area (Å²) in [5.74, 6) is 0.0135. The van der Waals surface area contributed by atoms with Crippen LogP contribution in [0.5, 0.6) is 0 Å². The van der Waals surface area contributed by atoms with E-state index in [4.69, 9.17) is 9.73 Å². The SMILES string of the molecule is C=CC1CC1(N=C(C)C(C)CC(C)OC(=C)N1Cc2cccc(CC)c2C1)C(=O)NS(=O)(=O)C1CC1. The zero-order chi connectivity index (χ0) is 26.3. The van der Waals surface area contributed by atoms with Crippen molar-refractivity contribution in [3.8, 4) is 0 Å². The van der Waals surface area contributed by atoms with E-state index in [1.807, 2.05) is 13.8 Å². The molecule has 0 spiro atoms. The molecule has 4 rings (SSSR count). The minimum absolute atomic E-state index is 0.0473. The second-order valence-corrected chi connectivity index (χ2v) is 12.6. The molecule has 3 aliphatic rings. The Labute approximate surface area is 215 Å². The van der Waals surface area contributed by atoms with Gasteiger partial charge in [-0.25, -0.2) is 8.42 Å². The van der Waals surface area contributed by atoms with E-state index in [1.54, 1.807) is 6.08 Å². The Morgan fingerprint density at radius 3 is 2.67 bits per heavy atom. The summed E-state index contributed by atoms with van der Waals surface area (Å²) in [6.45, 7) is 17.8. The molecule has 196 valence electrons. The van der Waals surface area contributed by atoms with Crippen molar-refractivity contribution >= 4 is 21.6 Å². The number of sulfonamides is 1. The number of carbonyl (C=O) groups is 1. The number of aryl methyl sites for hydroxylation is 1. The number of hydrogen-bond donors (Lipinski definition) is 1. The third-order valence-electron chi connectivity index (χ3n) is 7.79. The molecule has 1 heterocycles. The highest BCUT2D eigenvalue weighted by Crippen LogP contribution is 2.49. The minimum atomic E-state index is -3.62. The quantitative estimate of drug-likeness (QED) is 0.253. The van der Waals surface area contributed by atoms with Crippen molar-refractivity contribution in [3.05, 3.63) is 60.0 Å². The van der Waals surface area contributed by atoms with Crippen LogP contribution in [-0.2, 0) is 39.1 Å². The molecule has 4 unspecified atom stereocenters. The summed E-state index contributed by atoms with van der Waals surface area (Å²) in [6, 6.07) is 6.47. The summed E-state index contributed by atoms with van der Waals surface area (Å²) in [5, 5.41) is -0.452. The van der Waals surface area contributed by atoms with Gasteiger partial charge in [-0.2, -0.15) is 0 Å². The Hall–Kier alpha value is -2.61. The van der Waals surface area contributed by atoms with Crippen molar-refractivity contribution in [1.82, 2.24) is 9.62 Å². The number of hydrogen-bond acceptors (Lipinski definition) is 6. The zero-order valence-electron chi connectivity index (χ0n) is 21.9. The fraction of sp³-hybridized carbons (Fsp3) is 0.571. The van der Waals surface area contributed by atoms with Crippen LogP contribution in [0.3, 0.4) is 0 Å². The molecule has 1 aromatic carbocycles. The second kappa shape index (κ2) is 10.0. The summed E-state index contributed by atoms with van der Waals surface area (Å²) in [6.07, 6.45) is 4.99. The van der Waals surface area contributed by atoms with E-state index >= 15 is 0 Å². The molecule has 8 heteroatoms. The van der Waals surface area contributed by atoms with Gasteiger partial charge >= 0.3 is 0 Å². The Morgan fingerprint density at radius 1 is 1.33 bits per heavy atom. The topological polar surface area (TPSA) is 88.1 Å². The van der Waals surface area contributed by atoms with Crippen molar-refractivity contribution in [2.75, 3.05) is 0 Å². The van der Waals surface area contributed by atoms with Crippen LogP contribution in [0.4, 0.5) is 0 Å². The molecule has 4 atom stereocenters. The molecule has 1 aliphatic heterocycles. The molecule has 2 saturated carbocycles. The van der Waals surface area contributed by atoms with Crippen LogP contribution >= 0.6 is 0 Å². The van der Waals surface area contributed by atoms with E-state index in [1.165, 1.54) is 16.7 Å². The van der Waals surface area contributed by atoms with E-state index in [0.717, 1.165) is 25.2 Å². The van der Waals surface area contributed by atoms with Gasteiger partial charge in [-0.1, -0.05) is 38.1 Å². The summed E-state index contributed by atoms with van der Waals surface area (Å²) in [7, 11) is -3.62. The van der Waals surface area contributed by atoms with Gasteiger partial charge in [0.25, 0.3) is 5.91 Å². The fourth-order valence-corrected chi connectivity index (χ4v) is 6.48. The number of amides is 1. The molecular formula is C28H39N3O4S. The molecule has 36 heavy (non-hydrogen) atoms. The monoisotopic (exact) mass is 513 g/mol. The first-order valence-corrected chi connectivity index (χ1v) is 14.5. The number of nitrogens with one attached hydrogen (secondary N) is 1. The van der Waals surface area contributed by atoms with Gasteiger partial charge in [-0.05, 0) is 75.1 Å². The van der Waals surface area contributed by atoms with Crippen molar-refractivity contribution in [2.24, 2.45) is 16.8 Å². The van der Waals surface area contributed by atoms with E-state index in [2.05, 4.69) is 54.8 Å². The molecule has 1 N–H and O–H groups in total. The maximum atomic E-state index is 13.0. The van der Waals surface area contributed by atoms with E-state index in [-0.39, 0.29) is 17.9 Å². The fourth-order valence-electron chi connectivity index (χ4n) is 5.12. The lowest BCUT2D eigenvalue weighted by molar-refractivity contribution is -0.121. The Bertz CT molecular complexity index is 1190. The first kappa shape index (κ1) is 26.5. The van der Waals surface area contributed by atoms with E-state index in [9.17, 15) is 13.2 Å². The molecule has 0 bridgehead atoms. The standard InChI is InChI=1S/C28H39N3O4S/c1-7-22-10-9-11-23-16-31(17-26(22)23)21(6)35-19(4)14-18(3)20(5)29-28(15-24(28)8-2)27(32)30-36(33,34)25-12-13-25/h8-11,18-19,24-25H,2,6-7,12-17H2,1,3-5H3,(H,30,32). The number of rotatable bonds is 12. The van der Waals surface area contributed by atoms with Crippen molar-refractivity contribution < 1.29 is 17.9 Å². The molecule has 2 aliphatic carbocycles. The van der Waals surface area contributed by atoms with Crippen LogP contribution in [-0.4, -0.2) is 41.8 Å². The average Bonchev–Trinajstić information content (AvgIpc) is 3.74. The van der Waals surface area contributed by atoms with Gasteiger partial charge in [0.15, 0.2) is 5.88 Å². The van der Waals surface area contributed by atoms with Crippen molar-refractivity contribution in [2.45, 2.75) is 89.8 Å². The Balaban J connectivity index is 1.35. The predicted octanol–water partition coefficient (Wildman–Crippen LogP) is 4.48. The van der Waals surface area contributed by atoms with Crippen LogP contribution in [0.2, 0.25) is 0 Å². The summed E-state index contributed by atoms with van der Waals surface area (Å²) < 4.78 is 33.1. The van der Waals surface area contributed by atoms with Crippen LogP contribution < -0.4 is 4.72 Å². The van der Waals surface area contributed by atoms with Gasteiger partial charge in [0, 0.05) is 24.7 Å².